The summed E-state index contributed by atoms with van der Waals surface area (Å²) in [5.74, 6) is 0.133. The van der Waals surface area contributed by atoms with Crippen molar-refractivity contribution >= 4 is 44.7 Å². The molecule has 2 aromatic heterocycles. The van der Waals surface area contributed by atoms with Crippen LogP contribution in [0.2, 0.25) is 4.34 Å². The normalized spacial score (nSPS) is 17.4. The second kappa shape index (κ2) is 6.88. The number of fused-ring (bicyclic) bond motifs is 3. The van der Waals surface area contributed by atoms with Gasteiger partial charge in [0.25, 0.3) is 5.91 Å². The summed E-state index contributed by atoms with van der Waals surface area (Å²) < 4.78 is 0.811. The average Bonchev–Trinajstić information content (AvgIpc) is 3.30. The molecule has 2 aliphatic rings. The van der Waals surface area contributed by atoms with Gasteiger partial charge in [-0.15, -0.1) is 11.3 Å². The van der Waals surface area contributed by atoms with Crippen LogP contribution in [0.5, 0.6) is 0 Å². The van der Waals surface area contributed by atoms with E-state index in [1.54, 1.807) is 11.3 Å². The van der Waals surface area contributed by atoms with E-state index in [-0.39, 0.29) is 5.91 Å². The summed E-state index contributed by atoms with van der Waals surface area (Å²) >= 11 is 7.65. The standard InChI is InChI=1S/C21H22ClN3OS/c22-19-7-8-20(27-19)24-9-11-25(12-10-24)21(26)14-5-6-16-15-3-1-2-4-17(15)23-18(16)13-14/h5-8,13,23H,1-4,9-12H2. The summed E-state index contributed by atoms with van der Waals surface area (Å²) in [5.41, 5.74) is 4.72. The number of carbonyl (C=O) groups is 1. The quantitative estimate of drug-likeness (QED) is 0.677. The fourth-order valence-corrected chi connectivity index (χ4v) is 5.42. The van der Waals surface area contributed by atoms with E-state index in [0.717, 1.165) is 54.4 Å². The molecule has 3 heterocycles. The van der Waals surface area contributed by atoms with E-state index in [2.05, 4.69) is 22.0 Å². The molecule has 0 atom stereocenters. The monoisotopic (exact) mass is 399 g/mol. The van der Waals surface area contributed by atoms with Crippen LogP contribution in [0.15, 0.2) is 30.3 Å². The van der Waals surface area contributed by atoms with E-state index >= 15 is 0 Å². The van der Waals surface area contributed by atoms with Gasteiger partial charge in [0.1, 0.15) is 0 Å². The van der Waals surface area contributed by atoms with Crippen LogP contribution in [0.4, 0.5) is 5.00 Å². The molecule has 1 saturated heterocycles. The van der Waals surface area contributed by atoms with E-state index in [0.29, 0.717) is 0 Å². The Kier molecular flexibility index (Phi) is 4.37. The third-order valence-corrected chi connectivity index (χ3v) is 7.07. The van der Waals surface area contributed by atoms with Gasteiger partial charge in [-0.1, -0.05) is 17.7 Å². The number of benzene rings is 1. The summed E-state index contributed by atoms with van der Waals surface area (Å²) in [6.45, 7) is 3.19. The number of carbonyl (C=O) groups excluding carboxylic acids is 1. The maximum atomic E-state index is 13.0. The Hall–Kier alpha value is -1.98. The van der Waals surface area contributed by atoms with Crippen molar-refractivity contribution in [2.45, 2.75) is 25.7 Å². The highest BCUT2D eigenvalue weighted by Gasteiger charge is 2.24. The van der Waals surface area contributed by atoms with Gasteiger partial charge < -0.3 is 14.8 Å². The number of nitrogens with one attached hydrogen (secondary N) is 1. The fourth-order valence-electron chi connectivity index (χ4n) is 4.33. The molecular formula is C21H22ClN3OS. The SMILES string of the molecule is O=C(c1ccc2c3c([nH]c2c1)CCCC3)N1CCN(c2ccc(Cl)s2)CC1. The highest BCUT2D eigenvalue weighted by atomic mass is 35.5. The molecule has 3 aromatic rings. The second-order valence-corrected chi connectivity index (χ2v) is 9.10. The van der Waals surface area contributed by atoms with Crippen molar-refractivity contribution in [3.63, 3.8) is 0 Å². The smallest absolute Gasteiger partial charge is 0.254 e. The molecule has 5 rings (SSSR count). The minimum atomic E-state index is 0.133. The molecule has 0 radical (unpaired) electrons. The highest BCUT2D eigenvalue weighted by molar-refractivity contribution is 7.19. The molecule has 1 aliphatic carbocycles. The Bertz CT molecular complexity index is 1000. The zero-order chi connectivity index (χ0) is 18.4. The van der Waals surface area contributed by atoms with Gasteiger partial charge in [0.05, 0.1) is 9.34 Å². The Morgan fingerprint density at radius 1 is 1.04 bits per heavy atom. The van der Waals surface area contributed by atoms with Gasteiger partial charge in [0, 0.05) is 48.3 Å². The molecule has 6 heteroatoms. The van der Waals surface area contributed by atoms with Gasteiger partial charge in [-0.25, -0.2) is 0 Å². The lowest BCUT2D eigenvalue weighted by Gasteiger charge is -2.35. The molecule has 1 fully saturated rings. The van der Waals surface area contributed by atoms with Crippen molar-refractivity contribution in [2.75, 3.05) is 31.1 Å². The average molecular weight is 400 g/mol. The molecule has 140 valence electrons. The minimum Gasteiger partial charge on any atom is -0.360 e. The van der Waals surface area contributed by atoms with Crippen LogP contribution in [-0.2, 0) is 12.8 Å². The number of halogens is 1. The zero-order valence-electron chi connectivity index (χ0n) is 15.1. The van der Waals surface area contributed by atoms with Crippen LogP contribution in [0, 0.1) is 0 Å². The zero-order valence-corrected chi connectivity index (χ0v) is 16.7. The van der Waals surface area contributed by atoms with E-state index < -0.39 is 0 Å². The maximum Gasteiger partial charge on any atom is 0.254 e. The van der Waals surface area contributed by atoms with Crippen molar-refractivity contribution in [1.82, 2.24) is 9.88 Å². The van der Waals surface area contributed by atoms with E-state index in [9.17, 15) is 4.79 Å². The van der Waals surface area contributed by atoms with Crippen LogP contribution in [0.3, 0.4) is 0 Å². The first kappa shape index (κ1) is 17.1. The molecule has 0 unspecified atom stereocenters. The second-order valence-electron chi connectivity index (χ2n) is 7.41. The molecule has 1 amide bonds. The first-order chi connectivity index (χ1) is 13.2. The number of aryl methyl sites for hydroxylation is 2. The number of aromatic amines is 1. The van der Waals surface area contributed by atoms with Gasteiger partial charge in [-0.3, -0.25) is 4.79 Å². The van der Waals surface area contributed by atoms with Gasteiger partial charge in [0.15, 0.2) is 0 Å². The Balaban J connectivity index is 1.32. The Morgan fingerprint density at radius 2 is 1.85 bits per heavy atom. The van der Waals surface area contributed by atoms with Crippen LogP contribution in [-0.4, -0.2) is 42.0 Å². The van der Waals surface area contributed by atoms with E-state index in [1.165, 1.54) is 34.5 Å². The predicted molar refractivity (Wildman–Crippen MR) is 112 cm³/mol. The number of hydrogen-bond donors (Lipinski definition) is 1. The minimum absolute atomic E-state index is 0.133. The Morgan fingerprint density at radius 3 is 2.63 bits per heavy atom. The first-order valence-electron chi connectivity index (χ1n) is 9.62. The Labute approximate surface area is 167 Å². The number of nitrogens with zero attached hydrogens (tertiary/aromatic N) is 2. The van der Waals surface area contributed by atoms with Crippen molar-refractivity contribution in [3.05, 3.63) is 51.5 Å². The molecule has 0 bridgehead atoms. The van der Waals surface area contributed by atoms with Crippen molar-refractivity contribution in [3.8, 4) is 0 Å². The first-order valence-corrected chi connectivity index (χ1v) is 10.8. The summed E-state index contributed by atoms with van der Waals surface area (Å²) in [4.78, 5) is 20.8. The number of hydrogen-bond acceptors (Lipinski definition) is 3. The van der Waals surface area contributed by atoms with Crippen LogP contribution >= 0.6 is 22.9 Å². The molecule has 1 aliphatic heterocycles. The molecule has 0 spiro atoms. The fraction of sp³-hybridized carbons (Fsp3) is 0.381. The summed E-state index contributed by atoms with van der Waals surface area (Å²) in [6, 6.07) is 10.2. The van der Waals surface area contributed by atoms with Crippen molar-refractivity contribution in [1.29, 1.82) is 0 Å². The number of rotatable bonds is 2. The molecule has 4 nitrogen and oxygen atoms in total. The number of anilines is 1. The van der Waals surface area contributed by atoms with Gasteiger partial charge in [-0.05, 0) is 55.5 Å². The third kappa shape index (κ3) is 3.13. The number of H-pyrrole nitrogens is 1. The molecule has 0 saturated carbocycles. The summed E-state index contributed by atoms with van der Waals surface area (Å²) in [7, 11) is 0. The van der Waals surface area contributed by atoms with E-state index in [1.807, 2.05) is 23.1 Å². The summed E-state index contributed by atoms with van der Waals surface area (Å²) in [5, 5.41) is 2.48. The predicted octanol–water partition coefficient (Wildman–Crippen LogP) is 4.72. The van der Waals surface area contributed by atoms with Gasteiger partial charge in [0.2, 0.25) is 0 Å². The van der Waals surface area contributed by atoms with Crippen LogP contribution < -0.4 is 4.90 Å². The number of piperazine rings is 1. The lowest BCUT2D eigenvalue weighted by molar-refractivity contribution is 0.0747. The van der Waals surface area contributed by atoms with Crippen LogP contribution in [0.1, 0.15) is 34.5 Å². The lowest BCUT2D eigenvalue weighted by atomic mass is 9.95. The topological polar surface area (TPSA) is 39.3 Å². The third-order valence-electron chi connectivity index (χ3n) is 5.78. The summed E-state index contributed by atoms with van der Waals surface area (Å²) in [6.07, 6.45) is 4.80. The van der Waals surface area contributed by atoms with Gasteiger partial charge in [-0.2, -0.15) is 0 Å². The number of amides is 1. The highest BCUT2D eigenvalue weighted by Crippen LogP contribution is 2.31. The molecular weight excluding hydrogens is 378 g/mol. The lowest BCUT2D eigenvalue weighted by Crippen LogP contribution is -2.48. The van der Waals surface area contributed by atoms with E-state index in [4.69, 9.17) is 11.6 Å². The molecule has 1 aromatic carbocycles. The van der Waals surface area contributed by atoms with Gasteiger partial charge >= 0.3 is 0 Å². The van der Waals surface area contributed by atoms with Crippen LogP contribution in [0.25, 0.3) is 10.9 Å². The number of thiophene rings is 1. The molecule has 27 heavy (non-hydrogen) atoms. The maximum absolute atomic E-state index is 13.0. The largest absolute Gasteiger partial charge is 0.360 e. The number of aromatic nitrogens is 1. The van der Waals surface area contributed by atoms with Crippen molar-refractivity contribution in [2.24, 2.45) is 0 Å². The van der Waals surface area contributed by atoms with Crippen molar-refractivity contribution < 1.29 is 4.79 Å². The molecule has 1 N–H and O–H groups in total.